The van der Waals surface area contributed by atoms with Crippen LogP contribution in [0.4, 0.5) is 5.95 Å². The van der Waals surface area contributed by atoms with Crippen molar-refractivity contribution in [1.82, 2.24) is 19.7 Å². The Labute approximate surface area is 129 Å². The quantitative estimate of drug-likeness (QED) is 0.904. The molecule has 0 bridgehead atoms. The largest absolute Gasteiger partial charge is 0.354 e. The van der Waals surface area contributed by atoms with Crippen molar-refractivity contribution in [2.24, 2.45) is 13.0 Å². The third kappa shape index (κ3) is 3.27. The van der Waals surface area contributed by atoms with Gasteiger partial charge in [0, 0.05) is 31.5 Å². The fourth-order valence-corrected chi connectivity index (χ4v) is 4.58. The Bertz CT molecular complexity index is 784. The van der Waals surface area contributed by atoms with Crippen LogP contribution in [0.2, 0.25) is 0 Å². The third-order valence-corrected chi connectivity index (χ3v) is 5.66. The Kier molecular flexibility index (Phi) is 3.86. The molecule has 7 nitrogen and oxygen atoms in total. The van der Waals surface area contributed by atoms with E-state index in [1.807, 2.05) is 26.2 Å². The summed E-state index contributed by atoms with van der Waals surface area (Å²) in [5.41, 5.74) is 2.69. The second kappa shape index (κ2) is 5.68. The molecule has 2 aromatic heterocycles. The van der Waals surface area contributed by atoms with Gasteiger partial charge in [-0.2, -0.15) is 5.10 Å². The molecule has 1 atom stereocenters. The van der Waals surface area contributed by atoms with E-state index in [9.17, 15) is 8.42 Å². The van der Waals surface area contributed by atoms with Crippen molar-refractivity contribution >= 4 is 15.8 Å². The van der Waals surface area contributed by atoms with E-state index in [0.717, 1.165) is 17.0 Å². The monoisotopic (exact) mass is 321 g/mol. The second-order valence-electron chi connectivity index (χ2n) is 5.72. The van der Waals surface area contributed by atoms with Gasteiger partial charge >= 0.3 is 0 Å². The van der Waals surface area contributed by atoms with Crippen LogP contribution in [0, 0.1) is 12.8 Å². The van der Waals surface area contributed by atoms with Crippen molar-refractivity contribution in [1.29, 1.82) is 0 Å². The number of rotatable bonds is 4. The molecule has 3 rings (SSSR count). The summed E-state index contributed by atoms with van der Waals surface area (Å²) in [6, 6.07) is 1.84. The highest BCUT2D eigenvalue weighted by Crippen LogP contribution is 2.21. The van der Waals surface area contributed by atoms with Crippen LogP contribution in [-0.4, -0.2) is 46.2 Å². The summed E-state index contributed by atoms with van der Waals surface area (Å²) in [5.74, 6) is 1.19. The predicted octanol–water partition coefficient (Wildman–Crippen LogP) is 1.03. The average molecular weight is 321 g/mol. The molecule has 0 spiro atoms. The molecule has 1 unspecified atom stereocenters. The third-order valence-electron chi connectivity index (χ3n) is 3.82. The molecular weight excluding hydrogens is 302 g/mol. The maximum atomic E-state index is 11.5. The molecule has 0 saturated carbocycles. The van der Waals surface area contributed by atoms with E-state index in [-0.39, 0.29) is 17.4 Å². The number of sulfone groups is 1. The van der Waals surface area contributed by atoms with Gasteiger partial charge in [0.25, 0.3) is 0 Å². The van der Waals surface area contributed by atoms with E-state index in [0.29, 0.717) is 18.9 Å². The van der Waals surface area contributed by atoms with Crippen LogP contribution in [0.15, 0.2) is 18.5 Å². The fraction of sp³-hybridized carbons (Fsp3) is 0.500. The zero-order valence-electron chi connectivity index (χ0n) is 12.7. The highest BCUT2D eigenvalue weighted by molar-refractivity contribution is 7.91. The molecule has 1 aliphatic rings. The Morgan fingerprint density at radius 2 is 2.27 bits per heavy atom. The normalized spacial score (nSPS) is 20.2. The minimum atomic E-state index is -2.85. The number of hydrogen-bond acceptors (Lipinski definition) is 6. The van der Waals surface area contributed by atoms with Crippen LogP contribution >= 0.6 is 0 Å². The minimum Gasteiger partial charge on any atom is -0.354 e. The molecule has 22 heavy (non-hydrogen) atoms. The molecule has 1 saturated heterocycles. The topological polar surface area (TPSA) is 89.8 Å². The summed E-state index contributed by atoms with van der Waals surface area (Å²) in [7, 11) is -0.973. The van der Waals surface area contributed by atoms with Crippen LogP contribution in [0.1, 0.15) is 12.1 Å². The lowest BCUT2D eigenvalue weighted by Crippen LogP contribution is -2.17. The molecule has 1 fully saturated rings. The van der Waals surface area contributed by atoms with Gasteiger partial charge < -0.3 is 5.32 Å². The Morgan fingerprint density at radius 3 is 2.91 bits per heavy atom. The number of nitrogens with zero attached hydrogens (tertiary/aromatic N) is 4. The van der Waals surface area contributed by atoms with Gasteiger partial charge in [0.05, 0.1) is 22.9 Å². The summed E-state index contributed by atoms with van der Waals surface area (Å²) < 4.78 is 24.7. The SMILES string of the molecule is Cc1nn(C)cc1-c1ccnc(NCC2CCS(=O)(=O)C2)n1. The van der Waals surface area contributed by atoms with Crippen LogP contribution < -0.4 is 5.32 Å². The van der Waals surface area contributed by atoms with Crippen LogP contribution in [-0.2, 0) is 16.9 Å². The lowest BCUT2D eigenvalue weighted by atomic mass is 10.1. The van der Waals surface area contributed by atoms with Crippen molar-refractivity contribution in [2.75, 3.05) is 23.4 Å². The van der Waals surface area contributed by atoms with Gasteiger partial charge in [-0.1, -0.05) is 0 Å². The van der Waals surface area contributed by atoms with E-state index in [1.165, 1.54) is 0 Å². The first-order valence-corrected chi connectivity index (χ1v) is 9.03. The summed E-state index contributed by atoms with van der Waals surface area (Å²) in [4.78, 5) is 8.69. The summed E-state index contributed by atoms with van der Waals surface area (Å²) in [6.45, 7) is 2.52. The first-order chi connectivity index (χ1) is 10.4. The van der Waals surface area contributed by atoms with E-state index < -0.39 is 9.84 Å². The van der Waals surface area contributed by atoms with Gasteiger partial charge in [0.15, 0.2) is 9.84 Å². The molecule has 2 aromatic rings. The lowest BCUT2D eigenvalue weighted by Gasteiger charge is -2.10. The number of anilines is 1. The number of aryl methyl sites for hydroxylation is 2. The van der Waals surface area contributed by atoms with E-state index in [2.05, 4.69) is 20.4 Å². The number of aromatic nitrogens is 4. The smallest absolute Gasteiger partial charge is 0.223 e. The highest BCUT2D eigenvalue weighted by Gasteiger charge is 2.27. The first kappa shape index (κ1) is 15.0. The maximum absolute atomic E-state index is 11.5. The van der Waals surface area contributed by atoms with Crippen molar-refractivity contribution in [3.63, 3.8) is 0 Å². The highest BCUT2D eigenvalue weighted by atomic mass is 32.2. The molecule has 3 heterocycles. The molecule has 0 radical (unpaired) electrons. The van der Waals surface area contributed by atoms with E-state index in [1.54, 1.807) is 10.9 Å². The van der Waals surface area contributed by atoms with Crippen LogP contribution in [0.5, 0.6) is 0 Å². The number of hydrogen-bond donors (Lipinski definition) is 1. The number of nitrogens with one attached hydrogen (secondary N) is 1. The minimum absolute atomic E-state index is 0.136. The molecule has 0 amide bonds. The average Bonchev–Trinajstić information content (AvgIpc) is 2.98. The first-order valence-electron chi connectivity index (χ1n) is 7.21. The van der Waals surface area contributed by atoms with Gasteiger partial charge in [0.1, 0.15) is 0 Å². The van der Waals surface area contributed by atoms with E-state index >= 15 is 0 Å². The summed E-state index contributed by atoms with van der Waals surface area (Å²) in [5, 5.41) is 7.46. The second-order valence-corrected chi connectivity index (χ2v) is 7.95. The lowest BCUT2D eigenvalue weighted by molar-refractivity contribution is 0.595. The predicted molar refractivity (Wildman–Crippen MR) is 84.2 cm³/mol. The van der Waals surface area contributed by atoms with Gasteiger partial charge in [-0.3, -0.25) is 4.68 Å². The van der Waals surface area contributed by atoms with Crippen molar-refractivity contribution in [3.8, 4) is 11.3 Å². The fourth-order valence-electron chi connectivity index (χ4n) is 2.71. The van der Waals surface area contributed by atoms with E-state index in [4.69, 9.17) is 0 Å². The molecule has 8 heteroatoms. The molecule has 1 N–H and O–H groups in total. The van der Waals surface area contributed by atoms with Crippen molar-refractivity contribution in [2.45, 2.75) is 13.3 Å². The maximum Gasteiger partial charge on any atom is 0.223 e. The molecular formula is C14H19N5O2S. The summed E-state index contributed by atoms with van der Waals surface area (Å²) in [6.07, 6.45) is 4.32. The zero-order chi connectivity index (χ0) is 15.7. The van der Waals surface area contributed by atoms with Gasteiger partial charge in [-0.15, -0.1) is 0 Å². The molecule has 1 aliphatic heterocycles. The Balaban J connectivity index is 1.71. The van der Waals surface area contributed by atoms with Crippen LogP contribution in [0.3, 0.4) is 0 Å². The molecule has 118 valence electrons. The van der Waals surface area contributed by atoms with Gasteiger partial charge in [0.2, 0.25) is 5.95 Å². The zero-order valence-corrected chi connectivity index (χ0v) is 13.5. The van der Waals surface area contributed by atoms with Gasteiger partial charge in [-0.05, 0) is 25.3 Å². The Hall–Kier alpha value is -1.96. The van der Waals surface area contributed by atoms with Crippen molar-refractivity contribution < 1.29 is 8.42 Å². The molecule has 0 aliphatic carbocycles. The standard InChI is InChI=1S/C14H19N5O2S/c1-10-12(8-19(2)18-10)13-3-5-15-14(17-13)16-7-11-4-6-22(20,21)9-11/h3,5,8,11H,4,6-7,9H2,1-2H3,(H,15,16,17). The van der Waals surface area contributed by atoms with Gasteiger partial charge in [-0.25, -0.2) is 18.4 Å². The summed E-state index contributed by atoms with van der Waals surface area (Å²) >= 11 is 0. The van der Waals surface area contributed by atoms with Crippen molar-refractivity contribution in [3.05, 3.63) is 24.2 Å². The Morgan fingerprint density at radius 1 is 1.45 bits per heavy atom. The van der Waals surface area contributed by atoms with Crippen LogP contribution in [0.25, 0.3) is 11.3 Å². The molecule has 0 aromatic carbocycles.